The quantitative estimate of drug-likeness (QED) is 0.573. The molecule has 0 bridgehead atoms. The minimum Gasteiger partial charge on any atom is -0.352 e. The van der Waals surface area contributed by atoms with Gasteiger partial charge in [-0.1, -0.05) is 48.5 Å². The summed E-state index contributed by atoms with van der Waals surface area (Å²) in [5.41, 5.74) is 2.42. The summed E-state index contributed by atoms with van der Waals surface area (Å²) >= 11 is 1.44. The van der Waals surface area contributed by atoms with E-state index in [0.717, 1.165) is 16.0 Å². The lowest BCUT2D eigenvalue weighted by Gasteiger charge is -2.11. The van der Waals surface area contributed by atoms with Gasteiger partial charge in [-0.05, 0) is 23.1 Å². The van der Waals surface area contributed by atoms with Gasteiger partial charge in [0.2, 0.25) is 5.43 Å². The lowest BCUT2D eigenvalue weighted by molar-refractivity contribution is 0.102. The van der Waals surface area contributed by atoms with Crippen LogP contribution < -0.4 is 10.7 Å². The first-order valence-corrected chi connectivity index (χ1v) is 8.67. The van der Waals surface area contributed by atoms with Gasteiger partial charge < -0.3 is 10.3 Å². The Labute approximate surface area is 147 Å². The maximum absolute atomic E-state index is 12.7. The SMILES string of the molecule is O=C(Nc1ccccc1-c1ccccc1)c1c[nH]c2sccc2c1=O. The van der Waals surface area contributed by atoms with Crippen molar-refractivity contribution in [2.45, 2.75) is 0 Å². The van der Waals surface area contributed by atoms with E-state index >= 15 is 0 Å². The van der Waals surface area contributed by atoms with Gasteiger partial charge in [0.15, 0.2) is 0 Å². The molecule has 4 nitrogen and oxygen atoms in total. The molecule has 0 saturated carbocycles. The Kier molecular flexibility index (Phi) is 3.91. The smallest absolute Gasteiger partial charge is 0.261 e. The van der Waals surface area contributed by atoms with E-state index in [1.807, 2.05) is 60.0 Å². The van der Waals surface area contributed by atoms with Crippen LogP contribution in [0.5, 0.6) is 0 Å². The van der Waals surface area contributed by atoms with Crippen molar-refractivity contribution in [2.24, 2.45) is 0 Å². The fraction of sp³-hybridized carbons (Fsp3) is 0. The van der Waals surface area contributed by atoms with Crippen molar-refractivity contribution in [1.82, 2.24) is 4.98 Å². The highest BCUT2D eigenvalue weighted by Crippen LogP contribution is 2.27. The highest BCUT2D eigenvalue weighted by molar-refractivity contribution is 7.16. The van der Waals surface area contributed by atoms with Crippen LogP contribution in [0.1, 0.15) is 10.4 Å². The summed E-state index contributed by atoms with van der Waals surface area (Å²) in [5.74, 6) is -0.419. The van der Waals surface area contributed by atoms with Crippen molar-refractivity contribution >= 4 is 33.1 Å². The zero-order valence-corrected chi connectivity index (χ0v) is 14.0. The largest absolute Gasteiger partial charge is 0.352 e. The average molecular weight is 346 g/mol. The molecule has 25 heavy (non-hydrogen) atoms. The molecule has 122 valence electrons. The maximum Gasteiger partial charge on any atom is 0.261 e. The molecule has 0 fully saturated rings. The second-order valence-corrected chi connectivity index (χ2v) is 6.48. The molecule has 0 spiro atoms. The van der Waals surface area contributed by atoms with E-state index in [2.05, 4.69) is 10.3 Å². The van der Waals surface area contributed by atoms with Gasteiger partial charge in [0, 0.05) is 17.4 Å². The van der Waals surface area contributed by atoms with Crippen molar-refractivity contribution in [3.63, 3.8) is 0 Å². The molecule has 1 amide bonds. The summed E-state index contributed by atoms with van der Waals surface area (Å²) in [6, 6.07) is 19.1. The zero-order chi connectivity index (χ0) is 17.2. The van der Waals surface area contributed by atoms with Crippen LogP contribution in [0.3, 0.4) is 0 Å². The van der Waals surface area contributed by atoms with E-state index < -0.39 is 5.91 Å². The predicted octanol–water partition coefficient (Wildman–Crippen LogP) is 4.51. The first-order valence-electron chi connectivity index (χ1n) is 7.79. The van der Waals surface area contributed by atoms with Crippen molar-refractivity contribution in [3.05, 3.63) is 88.0 Å². The van der Waals surface area contributed by atoms with Crippen LogP contribution in [0.4, 0.5) is 5.69 Å². The van der Waals surface area contributed by atoms with E-state index in [1.165, 1.54) is 17.5 Å². The van der Waals surface area contributed by atoms with Crippen LogP contribution in [0.25, 0.3) is 21.3 Å². The van der Waals surface area contributed by atoms with Gasteiger partial charge in [-0.15, -0.1) is 11.3 Å². The number of hydrogen-bond acceptors (Lipinski definition) is 3. The Morgan fingerprint density at radius 3 is 2.56 bits per heavy atom. The third kappa shape index (κ3) is 2.86. The Bertz CT molecular complexity index is 1110. The lowest BCUT2D eigenvalue weighted by atomic mass is 10.0. The molecule has 2 aromatic heterocycles. The first-order chi connectivity index (χ1) is 12.2. The molecule has 0 aliphatic heterocycles. The number of aromatic amines is 1. The molecule has 0 aliphatic carbocycles. The number of fused-ring (bicyclic) bond motifs is 1. The third-order valence-corrected chi connectivity index (χ3v) is 4.85. The fourth-order valence-corrected chi connectivity index (χ4v) is 3.52. The summed E-state index contributed by atoms with van der Waals surface area (Å²) < 4.78 is 0. The summed E-state index contributed by atoms with van der Waals surface area (Å²) in [7, 11) is 0. The number of hydrogen-bond donors (Lipinski definition) is 2. The number of para-hydroxylation sites is 1. The maximum atomic E-state index is 12.7. The zero-order valence-electron chi connectivity index (χ0n) is 13.2. The summed E-state index contributed by atoms with van der Waals surface area (Å²) in [4.78, 5) is 28.9. The Balaban J connectivity index is 1.72. The fourth-order valence-electron chi connectivity index (χ4n) is 2.77. The van der Waals surface area contributed by atoms with Gasteiger partial charge in [-0.2, -0.15) is 0 Å². The summed E-state index contributed by atoms with van der Waals surface area (Å²) in [5, 5.41) is 5.23. The first kappa shape index (κ1) is 15.4. The van der Waals surface area contributed by atoms with Crippen molar-refractivity contribution < 1.29 is 4.79 Å². The highest BCUT2D eigenvalue weighted by atomic mass is 32.1. The number of carbonyl (C=O) groups is 1. The number of benzene rings is 2. The van der Waals surface area contributed by atoms with Crippen LogP contribution >= 0.6 is 11.3 Å². The Morgan fingerprint density at radius 1 is 0.960 bits per heavy atom. The predicted molar refractivity (Wildman–Crippen MR) is 102 cm³/mol. The molecule has 0 radical (unpaired) electrons. The topological polar surface area (TPSA) is 62.0 Å². The van der Waals surface area contributed by atoms with Gasteiger partial charge in [0.05, 0.1) is 5.39 Å². The number of amides is 1. The third-order valence-electron chi connectivity index (χ3n) is 4.01. The minimum absolute atomic E-state index is 0.105. The molecule has 2 aromatic carbocycles. The number of anilines is 1. The van der Waals surface area contributed by atoms with Crippen molar-refractivity contribution in [3.8, 4) is 11.1 Å². The molecule has 2 N–H and O–H groups in total. The number of H-pyrrole nitrogens is 1. The van der Waals surface area contributed by atoms with Crippen LogP contribution in [-0.4, -0.2) is 10.9 Å². The van der Waals surface area contributed by atoms with E-state index in [9.17, 15) is 9.59 Å². The molecule has 4 rings (SSSR count). The van der Waals surface area contributed by atoms with Gasteiger partial charge in [0.1, 0.15) is 10.4 Å². The van der Waals surface area contributed by atoms with E-state index in [1.54, 1.807) is 6.07 Å². The van der Waals surface area contributed by atoms with Gasteiger partial charge in [-0.3, -0.25) is 9.59 Å². The molecule has 0 saturated heterocycles. The van der Waals surface area contributed by atoms with Gasteiger partial charge >= 0.3 is 0 Å². The van der Waals surface area contributed by atoms with Crippen molar-refractivity contribution in [1.29, 1.82) is 0 Å². The van der Waals surface area contributed by atoms with Crippen LogP contribution in [0.2, 0.25) is 0 Å². The summed E-state index contributed by atoms with van der Waals surface area (Å²) in [6.45, 7) is 0. The normalized spacial score (nSPS) is 10.7. The Morgan fingerprint density at radius 2 is 1.72 bits per heavy atom. The molecular weight excluding hydrogens is 332 g/mol. The van der Waals surface area contributed by atoms with E-state index in [4.69, 9.17) is 0 Å². The molecule has 2 heterocycles. The molecular formula is C20H14N2O2S. The number of thiophene rings is 1. The number of pyridine rings is 1. The molecule has 4 aromatic rings. The van der Waals surface area contributed by atoms with Crippen LogP contribution in [0, 0.1) is 0 Å². The lowest BCUT2D eigenvalue weighted by Crippen LogP contribution is -2.21. The van der Waals surface area contributed by atoms with Crippen LogP contribution in [0.15, 0.2) is 77.0 Å². The average Bonchev–Trinajstić information content (AvgIpc) is 3.13. The summed E-state index contributed by atoms with van der Waals surface area (Å²) in [6.07, 6.45) is 1.47. The molecule has 0 aliphatic rings. The monoisotopic (exact) mass is 346 g/mol. The number of nitrogens with one attached hydrogen (secondary N) is 2. The molecule has 5 heteroatoms. The Hall–Kier alpha value is -3.18. The van der Waals surface area contributed by atoms with Gasteiger partial charge in [0.25, 0.3) is 5.91 Å². The number of aromatic nitrogens is 1. The van der Waals surface area contributed by atoms with Crippen molar-refractivity contribution in [2.75, 3.05) is 5.32 Å². The molecule has 0 unspecified atom stereocenters. The second-order valence-electron chi connectivity index (χ2n) is 5.56. The van der Waals surface area contributed by atoms with Crippen LogP contribution in [-0.2, 0) is 0 Å². The number of carbonyl (C=O) groups excluding carboxylic acids is 1. The van der Waals surface area contributed by atoms with E-state index in [0.29, 0.717) is 11.1 Å². The molecule has 0 atom stereocenters. The highest BCUT2D eigenvalue weighted by Gasteiger charge is 2.15. The van der Waals surface area contributed by atoms with E-state index in [-0.39, 0.29) is 11.0 Å². The van der Waals surface area contributed by atoms with Gasteiger partial charge in [-0.25, -0.2) is 0 Å². The second kappa shape index (κ2) is 6.37. The minimum atomic E-state index is -0.419. The number of rotatable bonds is 3. The standard InChI is InChI=1S/C20H14N2O2S/c23-18-15-10-11-25-20(15)21-12-16(18)19(24)22-17-9-5-4-8-14(17)13-6-2-1-3-7-13/h1-12H,(H,21,23)(H,22,24).